The summed E-state index contributed by atoms with van der Waals surface area (Å²) < 4.78 is 10.4. The lowest BCUT2D eigenvalue weighted by Gasteiger charge is -2.17. The zero-order valence-corrected chi connectivity index (χ0v) is 18.2. The van der Waals surface area contributed by atoms with E-state index in [2.05, 4.69) is 10.6 Å². The van der Waals surface area contributed by atoms with Gasteiger partial charge in [-0.3, -0.25) is 14.4 Å². The SMILES string of the molecule is COc1ccccc1NC(=O)[C@H](C)OC(=O)[C@@H](C)SCC(=O)Nc1ccc(C)cc1. The number of aryl methyl sites for hydroxylation is 1. The van der Waals surface area contributed by atoms with E-state index in [-0.39, 0.29) is 11.7 Å². The Hall–Kier alpha value is -3.00. The molecule has 0 bridgehead atoms. The van der Waals surface area contributed by atoms with Gasteiger partial charge in [-0.05, 0) is 45.0 Å². The van der Waals surface area contributed by atoms with Crippen molar-refractivity contribution in [2.24, 2.45) is 0 Å². The zero-order chi connectivity index (χ0) is 22.1. The summed E-state index contributed by atoms with van der Waals surface area (Å²) in [7, 11) is 1.50. The molecule has 7 nitrogen and oxygen atoms in total. The summed E-state index contributed by atoms with van der Waals surface area (Å²) in [5, 5.41) is 4.85. The van der Waals surface area contributed by atoms with E-state index >= 15 is 0 Å². The number of benzene rings is 2. The molecule has 0 spiro atoms. The van der Waals surface area contributed by atoms with E-state index in [1.165, 1.54) is 14.0 Å². The van der Waals surface area contributed by atoms with Gasteiger partial charge in [0.2, 0.25) is 5.91 Å². The van der Waals surface area contributed by atoms with Crippen LogP contribution in [-0.4, -0.2) is 42.0 Å². The zero-order valence-electron chi connectivity index (χ0n) is 17.4. The van der Waals surface area contributed by atoms with E-state index in [1.54, 1.807) is 31.2 Å². The van der Waals surface area contributed by atoms with E-state index in [4.69, 9.17) is 9.47 Å². The minimum absolute atomic E-state index is 0.0892. The van der Waals surface area contributed by atoms with E-state index in [0.717, 1.165) is 17.3 Å². The minimum atomic E-state index is -0.994. The highest BCUT2D eigenvalue weighted by Crippen LogP contribution is 2.23. The molecule has 0 aliphatic heterocycles. The van der Waals surface area contributed by atoms with Gasteiger partial charge in [0.25, 0.3) is 5.91 Å². The molecule has 2 rings (SSSR count). The number of para-hydroxylation sites is 2. The molecule has 2 aromatic carbocycles. The number of thioether (sulfide) groups is 1. The van der Waals surface area contributed by atoms with Crippen LogP contribution in [0, 0.1) is 6.92 Å². The average Bonchev–Trinajstić information content (AvgIpc) is 2.73. The molecular formula is C22H26N2O5S. The predicted octanol–water partition coefficient (Wildman–Crippen LogP) is 3.63. The number of hydrogen-bond donors (Lipinski definition) is 2. The van der Waals surface area contributed by atoms with Gasteiger partial charge in [0.15, 0.2) is 6.10 Å². The number of anilines is 2. The van der Waals surface area contributed by atoms with E-state index in [9.17, 15) is 14.4 Å². The third kappa shape index (κ3) is 7.11. The van der Waals surface area contributed by atoms with Crippen molar-refractivity contribution in [2.75, 3.05) is 23.5 Å². The Morgan fingerprint density at radius 1 is 1.00 bits per heavy atom. The van der Waals surface area contributed by atoms with Gasteiger partial charge >= 0.3 is 5.97 Å². The van der Waals surface area contributed by atoms with Gasteiger partial charge in [-0.1, -0.05) is 29.8 Å². The van der Waals surface area contributed by atoms with Crippen molar-refractivity contribution in [3.63, 3.8) is 0 Å². The van der Waals surface area contributed by atoms with Gasteiger partial charge in [-0.2, -0.15) is 0 Å². The molecule has 0 heterocycles. The predicted molar refractivity (Wildman–Crippen MR) is 119 cm³/mol. The summed E-state index contributed by atoms with van der Waals surface area (Å²) in [5.74, 6) is -0.655. The van der Waals surface area contributed by atoms with Crippen molar-refractivity contribution in [3.05, 3.63) is 54.1 Å². The Morgan fingerprint density at radius 2 is 1.67 bits per heavy atom. The molecular weight excluding hydrogens is 404 g/mol. The molecule has 160 valence electrons. The van der Waals surface area contributed by atoms with Crippen molar-refractivity contribution in [1.82, 2.24) is 0 Å². The number of amides is 2. The molecule has 2 aromatic rings. The summed E-state index contributed by atoms with van der Waals surface area (Å²) in [6.45, 7) is 5.09. The maximum absolute atomic E-state index is 12.3. The van der Waals surface area contributed by atoms with Crippen molar-refractivity contribution in [1.29, 1.82) is 0 Å². The molecule has 2 amide bonds. The third-order valence-electron chi connectivity index (χ3n) is 4.16. The van der Waals surface area contributed by atoms with Gasteiger partial charge < -0.3 is 20.1 Å². The van der Waals surface area contributed by atoms with Crippen LogP contribution in [0.5, 0.6) is 5.75 Å². The molecule has 0 aliphatic rings. The second-order valence-corrected chi connectivity index (χ2v) is 7.97. The smallest absolute Gasteiger partial charge is 0.319 e. The van der Waals surface area contributed by atoms with Crippen molar-refractivity contribution >= 4 is 40.9 Å². The topological polar surface area (TPSA) is 93.7 Å². The molecule has 0 radical (unpaired) electrons. The van der Waals surface area contributed by atoms with E-state index in [0.29, 0.717) is 17.1 Å². The molecule has 8 heteroatoms. The molecule has 0 unspecified atom stereocenters. The maximum atomic E-state index is 12.3. The summed E-state index contributed by atoms with van der Waals surface area (Å²) in [4.78, 5) is 36.6. The highest BCUT2D eigenvalue weighted by Gasteiger charge is 2.23. The lowest BCUT2D eigenvalue weighted by molar-refractivity contribution is -0.152. The van der Waals surface area contributed by atoms with Crippen molar-refractivity contribution < 1.29 is 23.9 Å². The second-order valence-electron chi connectivity index (χ2n) is 6.64. The number of hydrogen-bond acceptors (Lipinski definition) is 6. The maximum Gasteiger partial charge on any atom is 0.319 e. The normalized spacial score (nSPS) is 12.4. The number of carbonyl (C=O) groups is 3. The molecule has 30 heavy (non-hydrogen) atoms. The van der Waals surface area contributed by atoms with Crippen LogP contribution in [0.4, 0.5) is 11.4 Å². The molecule has 0 saturated carbocycles. The van der Waals surface area contributed by atoms with Crippen molar-refractivity contribution in [3.8, 4) is 5.75 Å². The van der Waals surface area contributed by atoms with Gasteiger partial charge in [0.1, 0.15) is 11.0 Å². The van der Waals surface area contributed by atoms with Crippen LogP contribution in [0.15, 0.2) is 48.5 Å². The van der Waals surface area contributed by atoms with Crippen molar-refractivity contribution in [2.45, 2.75) is 32.1 Å². The summed E-state index contributed by atoms with van der Waals surface area (Å²) in [5.41, 5.74) is 2.29. The summed E-state index contributed by atoms with van der Waals surface area (Å²) >= 11 is 1.14. The first-order valence-corrected chi connectivity index (χ1v) is 10.5. The molecule has 0 fully saturated rings. The van der Waals surface area contributed by atoms with Gasteiger partial charge in [0.05, 0.1) is 18.6 Å². The third-order valence-corrected chi connectivity index (χ3v) is 5.28. The Kier molecular flexibility index (Phi) is 8.73. The molecule has 2 atom stereocenters. The first kappa shape index (κ1) is 23.3. The molecule has 0 aromatic heterocycles. The largest absolute Gasteiger partial charge is 0.495 e. The van der Waals surface area contributed by atoms with Crippen LogP contribution in [0.1, 0.15) is 19.4 Å². The number of ether oxygens (including phenoxy) is 2. The fourth-order valence-electron chi connectivity index (χ4n) is 2.41. The monoisotopic (exact) mass is 430 g/mol. The lowest BCUT2D eigenvalue weighted by atomic mass is 10.2. The van der Waals surface area contributed by atoms with Gasteiger partial charge in [-0.25, -0.2) is 0 Å². The quantitative estimate of drug-likeness (QED) is 0.590. The Morgan fingerprint density at radius 3 is 2.33 bits per heavy atom. The lowest BCUT2D eigenvalue weighted by Crippen LogP contribution is -2.33. The first-order valence-electron chi connectivity index (χ1n) is 9.42. The second kappa shape index (κ2) is 11.3. The molecule has 2 N–H and O–H groups in total. The number of esters is 1. The van der Waals surface area contributed by atoms with E-state index in [1.807, 2.05) is 31.2 Å². The van der Waals surface area contributed by atoms with Gasteiger partial charge in [0, 0.05) is 5.69 Å². The summed E-state index contributed by atoms with van der Waals surface area (Å²) in [6.07, 6.45) is -0.994. The standard InChI is InChI=1S/C22H26N2O5S/c1-14-9-11-17(12-10-14)23-20(25)13-30-16(3)22(27)29-15(2)21(26)24-18-7-5-6-8-19(18)28-4/h5-12,15-16H,13H2,1-4H3,(H,23,25)(H,24,26)/t15-,16+/m0/s1. The van der Waals surface area contributed by atoms with Crippen LogP contribution in [0.25, 0.3) is 0 Å². The minimum Gasteiger partial charge on any atom is -0.495 e. The van der Waals surface area contributed by atoms with Gasteiger partial charge in [-0.15, -0.1) is 11.8 Å². The summed E-state index contributed by atoms with van der Waals surface area (Å²) in [6, 6.07) is 14.4. The Labute approximate surface area is 180 Å². The highest BCUT2D eigenvalue weighted by molar-refractivity contribution is 8.01. The number of methoxy groups -OCH3 is 1. The van der Waals surface area contributed by atoms with E-state index < -0.39 is 23.2 Å². The fraction of sp³-hybridized carbons (Fsp3) is 0.318. The van der Waals surface area contributed by atoms with Crippen LogP contribution in [0.2, 0.25) is 0 Å². The average molecular weight is 431 g/mol. The van der Waals surface area contributed by atoms with Crippen LogP contribution in [-0.2, 0) is 19.1 Å². The fourth-order valence-corrected chi connectivity index (χ4v) is 3.07. The molecule has 0 aliphatic carbocycles. The van der Waals surface area contributed by atoms with Crippen LogP contribution in [0.3, 0.4) is 0 Å². The van der Waals surface area contributed by atoms with Crippen LogP contribution >= 0.6 is 11.8 Å². The molecule has 0 saturated heterocycles. The number of carbonyl (C=O) groups excluding carboxylic acids is 3. The number of rotatable bonds is 9. The van der Waals surface area contributed by atoms with Crippen LogP contribution < -0.4 is 15.4 Å². The Bertz CT molecular complexity index is 885. The number of nitrogens with one attached hydrogen (secondary N) is 2. The Balaban J connectivity index is 1.79. The highest BCUT2D eigenvalue weighted by atomic mass is 32.2. The first-order chi connectivity index (χ1) is 14.3.